The van der Waals surface area contributed by atoms with Crippen molar-refractivity contribution in [3.63, 3.8) is 0 Å². The van der Waals surface area contributed by atoms with Gasteiger partial charge >= 0.3 is 0 Å². The summed E-state index contributed by atoms with van der Waals surface area (Å²) in [5.74, 6) is 0.705. The SMILES string of the molecule is CS(=O)(=O)c1cccnc1NC(CCl)Cc1ccccc1. The van der Waals surface area contributed by atoms with Crippen LogP contribution in [0.5, 0.6) is 0 Å². The predicted octanol–water partition coefficient (Wildman–Crippen LogP) is 2.75. The molecule has 1 aromatic heterocycles. The van der Waals surface area contributed by atoms with E-state index in [2.05, 4.69) is 10.3 Å². The van der Waals surface area contributed by atoms with Gasteiger partial charge < -0.3 is 5.32 Å². The minimum absolute atomic E-state index is 0.0931. The Labute approximate surface area is 130 Å². The van der Waals surface area contributed by atoms with Gasteiger partial charge in [-0.05, 0) is 24.1 Å². The number of rotatable bonds is 6. The molecule has 0 fully saturated rings. The first-order valence-electron chi connectivity index (χ1n) is 6.52. The number of sulfone groups is 1. The summed E-state index contributed by atoms with van der Waals surface area (Å²) in [7, 11) is -3.33. The van der Waals surface area contributed by atoms with Crippen molar-refractivity contribution >= 4 is 27.3 Å². The van der Waals surface area contributed by atoms with Gasteiger partial charge in [-0.25, -0.2) is 13.4 Å². The van der Waals surface area contributed by atoms with E-state index in [4.69, 9.17) is 11.6 Å². The molecule has 1 aromatic carbocycles. The van der Waals surface area contributed by atoms with Gasteiger partial charge in [-0.2, -0.15) is 0 Å². The van der Waals surface area contributed by atoms with E-state index in [1.807, 2.05) is 30.3 Å². The Hall–Kier alpha value is -1.59. The lowest BCUT2D eigenvalue weighted by atomic mass is 10.1. The van der Waals surface area contributed by atoms with E-state index >= 15 is 0 Å². The molecule has 0 saturated heterocycles. The maximum Gasteiger partial charge on any atom is 0.179 e. The van der Waals surface area contributed by atoms with Crippen LogP contribution in [0.4, 0.5) is 5.82 Å². The molecule has 0 amide bonds. The second kappa shape index (κ2) is 6.91. The summed E-state index contributed by atoms with van der Waals surface area (Å²) in [6.07, 6.45) is 3.43. The lowest BCUT2D eigenvalue weighted by Crippen LogP contribution is -2.25. The molecule has 1 unspecified atom stereocenters. The van der Waals surface area contributed by atoms with Crippen LogP contribution in [0.25, 0.3) is 0 Å². The fourth-order valence-electron chi connectivity index (χ4n) is 2.03. The third kappa shape index (κ3) is 4.44. The Balaban J connectivity index is 2.20. The summed E-state index contributed by atoms with van der Waals surface area (Å²) in [4.78, 5) is 4.31. The molecular weight excluding hydrogens is 308 g/mol. The average Bonchev–Trinajstić information content (AvgIpc) is 2.47. The highest BCUT2D eigenvalue weighted by atomic mass is 35.5. The molecule has 0 aliphatic carbocycles. The van der Waals surface area contributed by atoms with Gasteiger partial charge in [0.1, 0.15) is 10.7 Å². The van der Waals surface area contributed by atoms with Crippen LogP contribution in [0.1, 0.15) is 5.56 Å². The first-order chi connectivity index (χ1) is 10.0. The van der Waals surface area contributed by atoms with E-state index in [0.29, 0.717) is 18.1 Å². The molecule has 6 heteroatoms. The zero-order chi connectivity index (χ0) is 15.3. The van der Waals surface area contributed by atoms with Crippen molar-refractivity contribution in [1.82, 2.24) is 4.98 Å². The van der Waals surface area contributed by atoms with E-state index in [0.717, 1.165) is 5.56 Å². The number of benzene rings is 1. The fraction of sp³-hybridized carbons (Fsp3) is 0.267. The van der Waals surface area contributed by atoms with Crippen molar-refractivity contribution in [2.75, 3.05) is 17.5 Å². The zero-order valence-corrected chi connectivity index (χ0v) is 13.2. The highest BCUT2D eigenvalue weighted by Crippen LogP contribution is 2.19. The summed E-state index contributed by atoms with van der Waals surface area (Å²) >= 11 is 5.99. The number of nitrogens with zero attached hydrogens (tertiary/aromatic N) is 1. The van der Waals surface area contributed by atoms with E-state index in [1.54, 1.807) is 18.3 Å². The zero-order valence-electron chi connectivity index (χ0n) is 11.7. The number of alkyl halides is 1. The molecule has 2 rings (SSSR count). The summed E-state index contributed by atoms with van der Waals surface area (Å²) in [6, 6.07) is 12.9. The van der Waals surface area contributed by atoms with Crippen molar-refractivity contribution in [2.45, 2.75) is 17.4 Å². The average molecular weight is 325 g/mol. The summed E-state index contributed by atoms with van der Waals surface area (Å²) in [5.41, 5.74) is 1.13. The Morgan fingerprint density at radius 3 is 2.52 bits per heavy atom. The molecule has 1 atom stereocenters. The Morgan fingerprint density at radius 2 is 1.90 bits per heavy atom. The minimum Gasteiger partial charge on any atom is -0.365 e. The number of hydrogen-bond acceptors (Lipinski definition) is 4. The van der Waals surface area contributed by atoms with Crippen LogP contribution < -0.4 is 5.32 Å². The standard InChI is InChI=1S/C15H17ClN2O2S/c1-21(19,20)14-8-5-9-17-15(14)18-13(11-16)10-12-6-3-2-4-7-12/h2-9,13H,10-11H2,1H3,(H,17,18). The molecule has 1 N–H and O–H groups in total. The number of aromatic nitrogens is 1. The highest BCUT2D eigenvalue weighted by molar-refractivity contribution is 7.90. The van der Waals surface area contributed by atoms with Crippen LogP contribution in [0.15, 0.2) is 53.6 Å². The molecule has 4 nitrogen and oxygen atoms in total. The van der Waals surface area contributed by atoms with Crippen LogP contribution in [-0.4, -0.2) is 31.6 Å². The van der Waals surface area contributed by atoms with Gasteiger partial charge in [0.05, 0.1) is 0 Å². The third-order valence-electron chi connectivity index (χ3n) is 3.02. The smallest absolute Gasteiger partial charge is 0.179 e. The van der Waals surface area contributed by atoms with Crippen molar-refractivity contribution in [2.24, 2.45) is 0 Å². The van der Waals surface area contributed by atoms with Gasteiger partial charge in [0.25, 0.3) is 0 Å². The van der Waals surface area contributed by atoms with Crippen molar-refractivity contribution < 1.29 is 8.42 Å². The largest absolute Gasteiger partial charge is 0.365 e. The molecule has 112 valence electrons. The second-order valence-corrected chi connectivity index (χ2v) is 7.10. The Bertz CT molecular complexity index is 690. The highest BCUT2D eigenvalue weighted by Gasteiger charge is 2.17. The first kappa shape index (κ1) is 15.8. The number of pyridine rings is 1. The minimum atomic E-state index is -3.33. The van der Waals surface area contributed by atoms with Gasteiger partial charge in [0.2, 0.25) is 0 Å². The van der Waals surface area contributed by atoms with Crippen molar-refractivity contribution in [3.8, 4) is 0 Å². The number of nitrogens with one attached hydrogen (secondary N) is 1. The molecule has 0 spiro atoms. The van der Waals surface area contributed by atoms with Gasteiger partial charge in [-0.3, -0.25) is 0 Å². The predicted molar refractivity (Wildman–Crippen MR) is 85.6 cm³/mol. The fourth-order valence-corrected chi connectivity index (χ4v) is 3.01. The van der Waals surface area contributed by atoms with Crippen LogP contribution in [0, 0.1) is 0 Å². The van der Waals surface area contributed by atoms with E-state index < -0.39 is 9.84 Å². The maximum absolute atomic E-state index is 11.8. The molecular formula is C15H17ClN2O2S. The van der Waals surface area contributed by atoms with Gasteiger partial charge in [0.15, 0.2) is 9.84 Å². The molecule has 0 bridgehead atoms. The molecule has 0 aliphatic heterocycles. The second-order valence-electron chi connectivity index (χ2n) is 4.81. The number of halogens is 1. The van der Waals surface area contributed by atoms with E-state index in [-0.39, 0.29) is 10.9 Å². The molecule has 2 aromatic rings. The molecule has 0 radical (unpaired) electrons. The van der Waals surface area contributed by atoms with Crippen molar-refractivity contribution in [3.05, 3.63) is 54.2 Å². The van der Waals surface area contributed by atoms with Crippen LogP contribution in [0.3, 0.4) is 0 Å². The molecule has 0 saturated carbocycles. The summed E-state index contributed by atoms with van der Waals surface area (Å²) < 4.78 is 23.5. The first-order valence-corrected chi connectivity index (χ1v) is 8.95. The number of hydrogen-bond donors (Lipinski definition) is 1. The lowest BCUT2D eigenvalue weighted by molar-refractivity contribution is 0.601. The van der Waals surface area contributed by atoms with E-state index in [9.17, 15) is 8.42 Å². The Morgan fingerprint density at radius 1 is 1.19 bits per heavy atom. The molecule has 1 heterocycles. The summed E-state index contributed by atoms with van der Waals surface area (Å²) in [6.45, 7) is 0. The summed E-state index contributed by atoms with van der Waals surface area (Å²) in [5, 5.41) is 3.13. The number of anilines is 1. The van der Waals surface area contributed by atoms with Crippen LogP contribution in [0.2, 0.25) is 0 Å². The van der Waals surface area contributed by atoms with E-state index in [1.165, 1.54) is 6.26 Å². The molecule has 21 heavy (non-hydrogen) atoms. The maximum atomic E-state index is 11.8. The lowest BCUT2D eigenvalue weighted by Gasteiger charge is -2.18. The Kier molecular flexibility index (Phi) is 5.20. The van der Waals surface area contributed by atoms with Crippen molar-refractivity contribution in [1.29, 1.82) is 0 Å². The third-order valence-corrected chi connectivity index (χ3v) is 4.52. The molecule has 0 aliphatic rings. The van der Waals surface area contributed by atoms with Crippen LogP contribution in [-0.2, 0) is 16.3 Å². The normalized spacial score (nSPS) is 12.9. The quantitative estimate of drug-likeness (QED) is 0.830. The monoisotopic (exact) mass is 324 g/mol. The van der Waals surface area contributed by atoms with Gasteiger partial charge in [0, 0.05) is 24.4 Å². The topological polar surface area (TPSA) is 59.1 Å². The van der Waals surface area contributed by atoms with Gasteiger partial charge in [-0.1, -0.05) is 30.3 Å². The van der Waals surface area contributed by atoms with Crippen LogP contribution >= 0.6 is 11.6 Å². The van der Waals surface area contributed by atoms with Gasteiger partial charge in [-0.15, -0.1) is 11.6 Å².